The maximum atomic E-state index is 13.1. The van der Waals surface area contributed by atoms with Crippen molar-refractivity contribution >= 4 is 34.8 Å². The monoisotopic (exact) mass is 368 g/mol. The van der Waals surface area contributed by atoms with Crippen LogP contribution < -0.4 is 5.32 Å². The SMILES string of the molecule is O=C(Nc1cnc(-c2cncc(F)c2)nc1C(F)(F)F)C(Cl)Cl. The zero-order valence-corrected chi connectivity index (χ0v) is 12.4. The number of pyridine rings is 1. The van der Waals surface area contributed by atoms with Crippen molar-refractivity contribution in [1.29, 1.82) is 0 Å². The van der Waals surface area contributed by atoms with E-state index in [0.717, 1.165) is 24.7 Å². The molecule has 2 heterocycles. The summed E-state index contributed by atoms with van der Waals surface area (Å²) < 4.78 is 52.3. The Morgan fingerprint density at radius 3 is 2.48 bits per heavy atom. The van der Waals surface area contributed by atoms with E-state index in [-0.39, 0.29) is 5.56 Å². The third-order valence-electron chi connectivity index (χ3n) is 2.48. The molecule has 0 bridgehead atoms. The number of carbonyl (C=O) groups excluding carboxylic acids is 1. The first-order valence-corrected chi connectivity index (χ1v) is 6.70. The number of aromatic nitrogens is 3. The van der Waals surface area contributed by atoms with E-state index in [0.29, 0.717) is 0 Å². The number of hydrogen-bond acceptors (Lipinski definition) is 4. The highest BCUT2D eigenvalue weighted by Crippen LogP contribution is 2.34. The van der Waals surface area contributed by atoms with Gasteiger partial charge in [-0.25, -0.2) is 14.4 Å². The molecule has 0 unspecified atom stereocenters. The Labute approximate surface area is 136 Å². The van der Waals surface area contributed by atoms with Crippen molar-refractivity contribution in [2.45, 2.75) is 11.0 Å². The summed E-state index contributed by atoms with van der Waals surface area (Å²) >= 11 is 10.5. The van der Waals surface area contributed by atoms with E-state index in [4.69, 9.17) is 23.2 Å². The minimum absolute atomic E-state index is 0.0547. The number of carbonyl (C=O) groups is 1. The summed E-state index contributed by atoms with van der Waals surface area (Å²) in [5, 5.41) is 1.87. The van der Waals surface area contributed by atoms with Crippen LogP contribution in [-0.4, -0.2) is 25.7 Å². The molecule has 0 atom stereocenters. The van der Waals surface area contributed by atoms with Gasteiger partial charge in [-0.1, -0.05) is 23.2 Å². The van der Waals surface area contributed by atoms with E-state index in [1.54, 1.807) is 0 Å². The highest BCUT2D eigenvalue weighted by molar-refractivity contribution is 6.54. The van der Waals surface area contributed by atoms with E-state index >= 15 is 0 Å². The van der Waals surface area contributed by atoms with Gasteiger partial charge >= 0.3 is 6.18 Å². The Morgan fingerprint density at radius 2 is 1.91 bits per heavy atom. The van der Waals surface area contributed by atoms with Crippen LogP contribution in [0.2, 0.25) is 0 Å². The third kappa shape index (κ3) is 4.26. The average Bonchev–Trinajstić information content (AvgIpc) is 2.46. The first kappa shape index (κ1) is 17.4. The van der Waals surface area contributed by atoms with Crippen LogP contribution in [0.3, 0.4) is 0 Å². The molecule has 0 aliphatic carbocycles. The number of nitrogens with zero attached hydrogens (tertiary/aromatic N) is 3. The molecular formula is C12H6Cl2F4N4O. The van der Waals surface area contributed by atoms with Gasteiger partial charge in [0.1, 0.15) is 5.82 Å². The number of alkyl halides is 5. The van der Waals surface area contributed by atoms with E-state index in [2.05, 4.69) is 15.0 Å². The fourth-order valence-electron chi connectivity index (χ4n) is 1.55. The normalized spacial score (nSPS) is 11.6. The second-order valence-corrected chi connectivity index (χ2v) is 5.23. The van der Waals surface area contributed by atoms with Crippen molar-refractivity contribution in [3.8, 4) is 11.4 Å². The van der Waals surface area contributed by atoms with Crippen molar-refractivity contribution < 1.29 is 22.4 Å². The minimum Gasteiger partial charge on any atom is -0.321 e. The first-order valence-electron chi connectivity index (χ1n) is 5.82. The van der Waals surface area contributed by atoms with Gasteiger partial charge < -0.3 is 5.32 Å². The fraction of sp³-hybridized carbons (Fsp3) is 0.167. The highest BCUT2D eigenvalue weighted by Gasteiger charge is 2.37. The second kappa shape index (κ2) is 6.63. The second-order valence-electron chi connectivity index (χ2n) is 4.14. The zero-order valence-electron chi connectivity index (χ0n) is 10.9. The van der Waals surface area contributed by atoms with Crippen LogP contribution >= 0.6 is 23.2 Å². The van der Waals surface area contributed by atoms with Crippen LogP contribution in [0, 0.1) is 5.82 Å². The fourth-order valence-corrected chi connectivity index (χ4v) is 1.66. The van der Waals surface area contributed by atoms with Crippen molar-refractivity contribution in [3.05, 3.63) is 36.2 Å². The molecule has 0 radical (unpaired) electrons. The smallest absolute Gasteiger partial charge is 0.321 e. The maximum absolute atomic E-state index is 13.1. The van der Waals surface area contributed by atoms with Crippen molar-refractivity contribution in [1.82, 2.24) is 15.0 Å². The van der Waals surface area contributed by atoms with Gasteiger partial charge in [0.2, 0.25) is 0 Å². The lowest BCUT2D eigenvalue weighted by Gasteiger charge is -2.13. The molecule has 1 N–H and O–H groups in total. The summed E-state index contributed by atoms with van der Waals surface area (Å²) in [5.41, 5.74) is -2.20. The van der Waals surface area contributed by atoms with Crippen molar-refractivity contribution in [2.75, 3.05) is 5.32 Å². The first-order chi connectivity index (χ1) is 10.7. The Kier molecular flexibility index (Phi) is 5.00. The Bertz CT molecular complexity index is 739. The molecule has 0 aliphatic rings. The number of amides is 1. The van der Waals surface area contributed by atoms with Gasteiger partial charge in [0, 0.05) is 11.8 Å². The van der Waals surface area contributed by atoms with E-state index < -0.39 is 39.9 Å². The lowest BCUT2D eigenvalue weighted by molar-refractivity contribution is -0.140. The largest absolute Gasteiger partial charge is 0.435 e. The minimum atomic E-state index is -4.89. The molecule has 1 amide bonds. The molecule has 0 aromatic carbocycles. The molecule has 0 saturated heterocycles. The van der Waals surface area contributed by atoms with E-state index in [1.165, 1.54) is 0 Å². The number of anilines is 1. The lowest BCUT2D eigenvalue weighted by Crippen LogP contribution is -2.22. The molecule has 2 aromatic rings. The van der Waals surface area contributed by atoms with Gasteiger partial charge in [-0.15, -0.1) is 0 Å². The molecular weight excluding hydrogens is 363 g/mol. The standard InChI is InChI=1S/C12H6Cl2F4N4O/c13-9(14)11(23)21-7-4-20-10(22-8(7)12(16,17)18)5-1-6(15)3-19-2-5/h1-4,9H,(H,21,23). The number of hydrogen-bond donors (Lipinski definition) is 1. The summed E-state index contributed by atoms with van der Waals surface area (Å²) in [7, 11) is 0. The molecule has 2 rings (SSSR count). The molecule has 2 aromatic heterocycles. The Balaban J connectivity index is 2.48. The van der Waals surface area contributed by atoms with Crippen LogP contribution in [0.5, 0.6) is 0 Å². The Hall–Kier alpha value is -2.00. The van der Waals surface area contributed by atoms with Crippen LogP contribution in [0.25, 0.3) is 11.4 Å². The average molecular weight is 369 g/mol. The third-order valence-corrected chi connectivity index (χ3v) is 2.87. The number of rotatable bonds is 3. The molecule has 23 heavy (non-hydrogen) atoms. The number of nitrogens with one attached hydrogen (secondary N) is 1. The summed E-state index contributed by atoms with van der Waals surface area (Å²) in [6.07, 6.45) is -2.19. The van der Waals surface area contributed by atoms with E-state index in [1.807, 2.05) is 5.32 Å². The van der Waals surface area contributed by atoms with Gasteiger partial charge in [0.15, 0.2) is 16.4 Å². The molecule has 5 nitrogen and oxygen atoms in total. The molecule has 0 aliphatic heterocycles. The van der Waals surface area contributed by atoms with Crippen molar-refractivity contribution in [3.63, 3.8) is 0 Å². The van der Waals surface area contributed by atoms with Crippen LogP contribution in [0.15, 0.2) is 24.7 Å². The highest BCUT2D eigenvalue weighted by atomic mass is 35.5. The Morgan fingerprint density at radius 1 is 1.22 bits per heavy atom. The molecule has 0 fully saturated rings. The quantitative estimate of drug-likeness (QED) is 0.665. The summed E-state index contributed by atoms with van der Waals surface area (Å²) in [4.78, 5) is 20.3. The van der Waals surface area contributed by atoms with Crippen molar-refractivity contribution in [2.24, 2.45) is 0 Å². The van der Waals surface area contributed by atoms with Gasteiger partial charge in [0.25, 0.3) is 5.91 Å². The molecule has 0 saturated carbocycles. The lowest BCUT2D eigenvalue weighted by atomic mass is 10.2. The molecule has 0 spiro atoms. The maximum Gasteiger partial charge on any atom is 0.435 e. The summed E-state index contributed by atoms with van der Waals surface area (Å²) in [5.74, 6) is -2.23. The molecule has 11 heteroatoms. The summed E-state index contributed by atoms with van der Waals surface area (Å²) in [6.45, 7) is 0. The predicted octanol–water partition coefficient (Wildman–Crippen LogP) is 3.44. The van der Waals surface area contributed by atoms with Crippen LogP contribution in [-0.2, 0) is 11.0 Å². The van der Waals surface area contributed by atoms with Gasteiger partial charge in [-0.05, 0) is 6.07 Å². The predicted molar refractivity (Wildman–Crippen MR) is 74.3 cm³/mol. The molecule has 122 valence electrons. The van der Waals surface area contributed by atoms with Crippen LogP contribution in [0.1, 0.15) is 5.69 Å². The van der Waals surface area contributed by atoms with E-state index in [9.17, 15) is 22.4 Å². The van der Waals surface area contributed by atoms with Gasteiger partial charge in [-0.3, -0.25) is 9.78 Å². The van der Waals surface area contributed by atoms with Gasteiger partial charge in [-0.2, -0.15) is 13.2 Å². The van der Waals surface area contributed by atoms with Crippen LogP contribution in [0.4, 0.5) is 23.2 Å². The zero-order chi connectivity index (χ0) is 17.2. The summed E-state index contributed by atoms with van der Waals surface area (Å²) in [6, 6.07) is 0.925. The number of halogens is 6. The topological polar surface area (TPSA) is 67.8 Å². The van der Waals surface area contributed by atoms with Gasteiger partial charge in [0.05, 0.1) is 18.1 Å².